The first kappa shape index (κ1) is 17.0. The molecular formula is C20H22N6O2. The van der Waals surface area contributed by atoms with Gasteiger partial charge in [0, 0.05) is 37.5 Å². The summed E-state index contributed by atoms with van der Waals surface area (Å²) in [5.74, 6) is 0.0337. The van der Waals surface area contributed by atoms with Crippen molar-refractivity contribution in [1.82, 2.24) is 19.5 Å². The standard InChI is InChI=1S/C20H22N6O2/c1-13-10-17-21-14(11-18(27)26(17)24-13)12-25-8-6-20(7-9-25)19(28)22-15-4-2-3-5-16(15)23-20/h2-5,10-11,23-24H,6-9,12H2,1H3,(H,22,28). The van der Waals surface area contributed by atoms with Crippen LogP contribution in [0.2, 0.25) is 0 Å². The molecule has 0 radical (unpaired) electrons. The molecule has 1 fully saturated rings. The Morgan fingerprint density at radius 2 is 1.86 bits per heavy atom. The average molecular weight is 378 g/mol. The average Bonchev–Trinajstić information content (AvgIpc) is 3.05. The molecule has 1 spiro atoms. The van der Waals surface area contributed by atoms with Crippen LogP contribution < -0.4 is 16.2 Å². The minimum Gasteiger partial charge on any atom is -0.369 e. The summed E-state index contributed by atoms with van der Waals surface area (Å²) >= 11 is 0. The number of aromatic amines is 1. The smallest absolute Gasteiger partial charge is 0.272 e. The van der Waals surface area contributed by atoms with Crippen molar-refractivity contribution in [2.45, 2.75) is 31.8 Å². The lowest BCUT2D eigenvalue weighted by molar-refractivity contribution is -0.122. The Bertz CT molecular complexity index is 1120. The van der Waals surface area contributed by atoms with Gasteiger partial charge < -0.3 is 10.6 Å². The maximum absolute atomic E-state index is 12.7. The normalized spacial score (nSPS) is 18.7. The van der Waals surface area contributed by atoms with Gasteiger partial charge in [-0.05, 0) is 31.9 Å². The number of aromatic nitrogens is 3. The molecule has 144 valence electrons. The van der Waals surface area contributed by atoms with E-state index in [1.165, 1.54) is 4.52 Å². The van der Waals surface area contributed by atoms with E-state index >= 15 is 0 Å². The number of para-hydroxylation sites is 2. The van der Waals surface area contributed by atoms with Crippen molar-refractivity contribution in [3.05, 3.63) is 58.1 Å². The van der Waals surface area contributed by atoms with Gasteiger partial charge in [0.15, 0.2) is 5.65 Å². The Morgan fingerprint density at radius 1 is 1.11 bits per heavy atom. The first-order valence-electron chi connectivity index (χ1n) is 9.52. The highest BCUT2D eigenvalue weighted by molar-refractivity contribution is 6.06. The number of likely N-dealkylation sites (tertiary alicyclic amines) is 1. The minimum absolute atomic E-state index is 0.0337. The number of carbonyl (C=O) groups excluding carboxylic acids is 1. The molecule has 8 heteroatoms. The highest BCUT2D eigenvalue weighted by atomic mass is 16.2. The number of nitrogens with zero attached hydrogens (tertiary/aromatic N) is 3. The van der Waals surface area contributed by atoms with E-state index in [1.54, 1.807) is 6.07 Å². The van der Waals surface area contributed by atoms with Crippen LogP contribution in [0.5, 0.6) is 0 Å². The third-order valence-electron chi connectivity index (χ3n) is 5.71. The molecule has 1 amide bonds. The number of nitrogens with one attached hydrogen (secondary N) is 3. The van der Waals surface area contributed by atoms with Crippen LogP contribution in [0.25, 0.3) is 5.65 Å². The van der Waals surface area contributed by atoms with Crippen LogP contribution in [0.1, 0.15) is 24.2 Å². The molecule has 0 aliphatic carbocycles. The Balaban J connectivity index is 1.31. The summed E-state index contributed by atoms with van der Waals surface area (Å²) < 4.78 is 1.46. The van der Waals surface area contributed by atoms with E-state index < -0.39 is 5.54 Å². The summed E-state index contributed by atoms with van der Waals surface area (Å²) in [5.41, 5.74) is 3.42. The Labute approximate surface area is 161 Å². The molecule has 1 saturated heterocycles. The molecule has 0 bridgehead atoms. The largest absolute Gasteiger partial charge is 0.369 e. The van der Waals surface area contributed by atoms with Crippen LogP contribution in [0.15, 0.2) is 41.2 Å². The number of anilines is 2. The van der Waals surface area contributed by atoms with E-state index in [4.69, 9.17) is 0 Å². The van der Waals surface area contributed by atoms with E-state index in [0.29, 0.717) is 25.0 Å². The molecule has 0 atom stereocenters. The van der Waals surface area contributed by atoms with Crippen molar-refractivity contribution >= 4 is 22.9 Å². The molecule has 3 aromatic rings. The van der Waals surface area contributed by atoms with Crippen molar-refractivity contribution in [3.8, 4) is 0 Å². The van der Waals surface area contributed by atoms with Crippen LogP contribution in [0, 0.1) is 6.92 Å². The minimum atomic E-state index is -0.570. The number of piperidine rings is 1. The topological polar surface area (TPSA) is 94.5 Å². The maximum atomic E-state index is 12.7. The highest BCUT2D eigenvalue weighted by Crippen LogP contribution is 2.36. The van der Waals surface area contributed by atoms with E-state index in [-0.39, 0.29) is 11.5 Å². The third-order valence-corrected chi connectivity index (χ3v) is 5.71. The summed E-state index contributed by atoms with van der Waals surface area (Å²) in [5, 5.41) is 9.49. The zero-order chi connectivity index (χ0) is 19.3. The zero-order valence-electron chi connectivity index (χ0n) is 15.7. The Hall–Kier alpha value is -3.13. The summed E-state index contributed by atoms with van der Waals surface area (Å²) in [6, 6.07) is 11.2. The van der Waals surface area contributed by atoms with Crippen molar-refractivity contribution in [2.24, 2.45) is 0 Å². The van der Waals surface area contributed by atoms with Crippen LogP contribution in [0.3, 0.4) is 0 Å². The predicted molar refractivity (Wildman–Crippen MR) is 106 cm³/mol. The summed E-state index contributed by atoms with van der Waals surface area (Å²) in [7, 11) is 0. The second-order valence-electron chi connectivity index (χ2n) is 7.70. The quantitative estimate of drug-likeness (QED) is 0.631. The number of rotatable bonds is 2. The van der Waals surface area contributed by atoms with Gasteiger partial charge in [-0.3, -0.25) is 19.6 Å². The first-order chi connectivity index (χ1) is 13.5. The SMILES string of the molecule is Cc1cc2nc(CN3CCC4(CC3)Nc3ccccc3NC4=O)cc(=O)n2[nH]1. The second-order valence-corrected chi connectivity index (χ2v) is 7.70. The number of fused-ring (bicyclic) bond motifs is 2. The Morgan fingerprint density at radius 3 is 2.64 bits per heavy atom. The molecule has 0 unspecified atom stereocenters. The zero-order valence-corrected chi connectivity index (χ0v) is 15.7. The van der Waals surface area contributed by atoms with Gasteiger partial charge in [0.1, 0.15) is 5.54 Å². The van der Waals surface area contributed by atoms with Crippen molar-refractivity contribution in [2.75, 3.05) is 23.7 Å². The first-order valence-corrected chi connectivity index (χ1v) is 9.52. The molecule has 28 heavy (non-hydrogen) atoms. The number of amides is 1. The lowest BCUT2D eigenvalue weighted by Gasteiger charge is -2.44. The highest BCUT2D eigenvalue weighted by Gasteiger charge is 2.44. The van der Waals surface area contributed by atoms with Gasteiger partial charge in [-0.25, -0.2) is 9.50 Å². The molecule has 0 saturated carbocycles. The fourth-order valence-corrected chi connectivity index (χ4v) is 4.17. The van der Waals surface area contributed by atoms with Gasteiger partial charge in [-0.2, -0.15) is 0 Å². The molecular weight excluding hydrogens is 356 g/mol. The summed E-state index contributed by atoms with van der Waals surface area (Å²) in [6.07, 6.45) is 1.41. The molecule has 3 N–H and O–H groups in total. The molecule has 8 nitrogen and oxygen atoms in total. The molecule has 5 rings (SSSR count). The van der Waals surface area contributed by atoms with E-state index in [9.17, 15) is 9.59 Å². The second kappa shape index (κ2) is 6.20. The summed E-state index contributed by atoms with van der Waals surface area (Å²) in [4.78, 5) is 31.9. The number of hydrogen-bond donors (Lipinski definition) is 3. The van der Waals surface area contributed by atoms with Crippen LogP contribution in [-0.2, 0) is 11.3 Å². The number of hydrogen-bond acceptors (Lipinski definition) is 5. The third kappa shape index (κ3) is 2.77. The van der Waals surface area contributed by atoms with Crippen molar-refractivity contribution in [1.29, 1.82) is 0 Å². The number of benzene rings is 1. The molecule has 2 aliphatic rings. The molecule has 1 aromatic carbocycles. The maximum Gasteiger partial charge on any atom is 0.272 e. The lowest BCUT2D eigenvalue weighted by atomic mass is 9.84. The Kier molecular flexibility index (Phi) is 3.77. The predicted octanol–water partition coefficient (Wildman–Crippen LogP) is 1.73. The number of carbonyl (C=O) groups is 1. The molecule has 2 aromatic heterocycles. The fourth-order valence-electron chi connectivity index (χ4n) is 4.17. The van der Waals surface area contributed by atoms with Crippen LogP contribution >= 0.6 is 0 Å². The van der Waals surface area contributed by atoms with E-state index in [2.05, 4.69) is 25.6 Å². The fraction of sp³-hybridized carbons (Fsp3) is 0.350. The van der Waals surface area contributed by atoms with Gasteiger partial charge in [0.05, 0.1) is 17.1 Å². The van der Waals surface area contributed by atoms with Gasteiger partial charge in [0.2, 0.25) is 5.91 Å². The number of H-pyrrole nitrogens is 1. The summed E-state index contributed by atoms with van der Waals surface area (Å²) in [6.45, 7) is 4.02. The van der Waals surface area contributed by atoms with Crippen LogP contribution in [-0.4, -0.2) is 44.0 Å². The molecule has 2 aliphatic heterocycles. The lowest BCUT2D eigenvalue weighted by Crippen LogP contribution is -2.58. The van der Waals surface area contributed by atoms with E-state index in [1.807, 2.05) is 37.3 Å². The van der Waals surface area contributed by atoms with Crippen LogP contribution in [0.4, 0.5) is 11.4 Å². The van der Waals surface area contributed by atoms with Gasteiger partial charge >= 0.3 is 0 Å². The monoisotopic (exact) mass is 378 g/mol. The van der Waals surface area contributed by atoms with E-state index in [0.717, 1.165) is 35.9 Å². The van der Waals surface area contributed by atoms with Gasteiger partial charge in [0.25, 0.3) is 5.56 Å². The molecule has 4 heterocycles. The van der Waals surface area contributed by atoms with Gasteiger partial charge in [-0.15, -0.1) is 0 Å². The van der Waals surface area contributed by atoms with Gasteiger partial charge in [-0.1, -0.05) is 12.1 Å². The van der Waals surface area contributed by atoms with Crippen molar-refractivity contribution < 1.29 is 4.79 Å². The number of aryl methyl sites for hydroxylation is 1. The van der Waals surface area contributed by atoms with Crippen molar-refractivity contribution in [3.63, 3.8) is 0 Å².